The third-order valence-corrected chi connectivity index (χ3v) is 2.55. The molecule has 0 saturated carbocycles. The first kappa shape index (κ1) is 12.9. The smallest absolute Gasteiger partial charge is 0.346 e. The summed E-state index contributed by atoms with van der Waals surface area (Å²) in [7, 11) is 3.10. The number of rotatable bonds is 3. The lowest BCUT2D eigenvalue weighted by atomic mass is 10.3. The number of amides is 1. The summed E-state index contributed by atoms with van der Waals surface area (Å²) in [4.78, 5) is 11.9. The summed E-state index contributed by atoms with van der Waals surface area (Å²) >= 11 is 0. The van der Waals surface area contributed by atoms with Crippen molar-refractivity contribution in [2.45, 2.75) is 6.92 Å². The van der Waals surface area contributed by atoms with Gasteiger partial charge in [0.15, 0.2) is 11.5 Å². The van der Waals surface area contributed by atoms with Gasteiger partial charge in [-0.1, -0.05) is 0 Å². The molecule has 0 spiro atoms. The molecule has 1 heterocycles. The number of carbonyl (C=O) groups excluding carboxylic acids is 1. The predicted molar refractivity (Wildman–Crippen MR) is 70.9 cm³/mol. The Balaban J connectivity index is 2.17. The standard InChI is InChI=1S/C13H15N3O3/c1-9-7-14-16(8-9)13(17)15-10-4-5-11(18-2)12(6-10)19-3/h4-8H,1-3H3,(H,15,17). The van der Waals surface area contributed by atoms with Crippen LogP contribution >= 0.6 is 0 Å². The zero-order chi connectivity index (χ0) is 13.8. The number of ether oxygens (including phenoxy) is 2. The lowest BCUT2D eigenvalue weighted by Crippen LogP contribution is -2.19. The second kappa shape index (κ2) is 5.43. The van der Waals surface area contributed by atoms with Crippen LogP contribution < -0.4 is 14.8 Å². The highest BCUT2D eigenvalue weighted by Crippen LogP contribution is 2.29. The van der Waals surface area contributed by atoms with Crippen molar-refractivity contribution in [3.8, 4) is 11.5 Å². The quantitative estimate of drug-likeness (QED) is 0.920. The third kappa shape index (κ3) is 2.85. The minimum absolute atomic E-state index is 0.333. The summed E-state index contributed by atoms with van der Waals surface area (Å²) in [6.45, 7) is 1.87. The number of aryl methyl sites for hydroxylation is 1. The Bertz CT molecular complexity index is 593. The van der Waals surface area contributed by atoms with Gasteiger partial charge in [0.05, 0.1) is 20.4 Å². The number of carbonyl (C=O) groups is 1. The number of benzene rings is 1. The van der Waals surface area contributed by atoms with E-state index in [0.717, 1.165) is 5.56 Å². The lowest BCUT2D eigenvalue weighted by molar-refractivity contribution is 0.251. The topological polar surface area (TPSA) is 65.4 Å². The van der Waals surface area contributed by atoms with Crippen LogP contribution in [0.5, 0.6) is 11.5 Å². The van der Waals surface area contributed by atoms with E-state index in [0.29, 0.717) is 17.2 Å². The molecule has 0 bridgehead atoms. The molecule has 19 heavy (non-hydrogen) atoms. The molecule has 0 unspecified atom stereocenters. The summed E-state index contributed by atoms with van der Waals surface area (Å²) in [5.41, 5.74) is 1.53. The van der Waals surface area contributed by atoms with Gasteiger partial charge in [0.1, 0.15) is 0 Å². The first-order chi connectivity index (χ1) is 9.13. The molecule has 1 amide bonds. The Morgan fingerprint density at radius 2 is 2.00 bits per heavy atom. The summed E-state index contributed by atoms with van der Waals surface area (Å²) in [6, 6.07) is 4.81. The van der Waals surface area contributed by atoms with Crippen LogP contribution in [0.15, 0.2) is 30.6 Å². The minimum Gasteiger partial charge on any atom is -0.493 e. The van der Waals surface area contributed by atoms with E-state index in [9.17, 15) is 4.79 Å². The van der Waals surface area contributed by atoms with Crippen molar-refractivity contribution < 1.29 is 14.3 Å². The van der Waals surface area contributed by atoms with Crippen molar-refractivity contribution in [3.63, 3.8) is 0 Å². The van der Waals surface area contributed by atoms with Crippen LogP contribution in [-0.2, 0) is 0 Å². The highest BCUT2D eigenvalue weighted by molar-refractivity contribution is 5.90. The monoisotopic (exact) mass is 261 g/mol. The van der Waals surface area contributed by atoms with Crippen LogP contribution in [0, 0.1) is 6.92 Å². The van der Waals surface area contributed by atoms with Crippen LogP contribution in [0.4, 0.5) is 10.5 Å². The number of aromatic nitrogens is 2. The maximum Gasteiger partial charge on any atom is 0.346 e. The van der Waals surface area contributed by atoms with E-state index in [4.69, 9.17) is 9.47 Å². The molecule has 0 saturated heterocycles. The summed E-state index contributed by atoms with van der Waals surface area (Å²) in [5, 5.41) is 6.66. The van der Waals surface area contributed by atoms with Gasteiger partial charge in [-0.2, -0.15) is 9.78 Å². The van der Waals surface area contributed by atoms with E-state index in [-0.39, 0.29) is 6.03 Å². The molecule has 100 valence electrons. The Labute approximate surface area is 110 Å². The fourth-order valence-corrected chi connectivity index (χ4v) is 1.62. The van der Waals surface area contributed by atoms with Crippen molar-refractivity contribution in [2.24, 2.45) is 0 Å². The van der Waals surface area contributed by atoms with Crippen molar-refractivity contribution in [2.75, 3.05) is 19.5 Å². The molecular formula is C13H15N3O3. The molecule has 2 rings (SSSR count). The second-order valence-corrected chi connectivity index (χ2v) is 3.96. The van der Waals surface area contributed by atoms with E-state index in [1.165, 1.54) is 4.68 Å². The average Bonchev–Trinajstić information content (AvgIpc) is 2.85. The molecule has 0 radical (unpaired) electrons. The van der Waals surface area contributed by atoms with E-state index in [2.05, 4.69) is 10.4 Å². The largest absolute Gasteiger partial charge is 0.493 e. The maximum absolute atomic E-state index is 11.9. The molecule has 6 heteroatoms. The van der Waals surface area contributed by atoms with Gasteiger partial charge in [-0.15, -0.1) is 0 Å². The molecule has 1 aromatic carbocycles. The number of nitrogens with one attached hydrogen (secondary N) is 1. The normalized spacial score (nSPS) is 10.1. The number of methoxy groups -OCH3 is 2. The van der Waals surface area contributed by atoms with Gasteiger partial charge in [-0.3, -0.25) is 0 Å². The van der Waals surface area contributed by atoms with Crippen LogP contribution in [0.1, 0.15) is 5.56 Å². The van der Waals surface area contributed by atoms with Crippen LogP contribution in [-0.4, -0.2) is 30.0 Å². The molecule has 0 fully saturated rings. The number of hydrogen-bond acceptors (Lipinski definition) is 4. The zero-order valence-electron chi connectivity index (χ0n) is 11.0. The highest BCUT2D eigenvalue weighted by atomic mass is 16.5. The van der Waals surface area contributed by atoms with Crippen molar-refractivity contribution >= 4 is 11.7 Å². The van der Waals surface area contributed by atoms with Gasteiger partial charge in [-0.25, -0.2) is 4.79 Å². The molecule has 1 aromatic heterocycles. The molecule has 1 N–H and O–H groups in total. The van der Waals surface area contributed by atoms with E-state index < -0.39 is 0 Å². The van der Waals surface area contributed by atoms with Gasteiger partial charge in [-0.05, 0) is 24.6 Å². The Morgan fingerprint density at radius 1 is 1.26 bits per heavy atom. The fourth-order valence-electron chi connectivity index (χ4n) is 1.62. The average molecular weight is 261 g/mol. The second-order valence-electron chi connectivity index (χ2n) is 3.96. The number of nitrogens with zero attached hydrogens (tertiary/aromatic N) is 2. The summed E-state index contributed by atoms with van der Waals surface area (Å²) in [5.74, 6) is 1.16. The molecule has 0 aliphatic carbocycles. The van der Waals surface area contributed by atoms with E-state index in [1.807, 2.05) is 6.92 Å². The SMILES string of the molecule is COc1ccc(NC(=O)n2cc(C)cn2)cc1OC. The van der Waals surface area contributed by atoms with Gasteiger partial charge < -0.3 is 14.8 Å². The lowest BCUT2D eigenvalue weighted by Gasteiger charge is -2.10. The van der Waals surface area contributed by atoms with Crippen molar-refractivity contribution in [1.82, 2.24) is 9.78 Å². The Morgan fingerprint density at radius 3 is 2.58 bits per heavy atom. The molecular weight excluding hydrogens is 246 g/mol. The summed E-state index contributed by atoms with van der Waals surface area (Å²) in [6.07, 6.45) is 3.27. The Hall–Kier alpha value is -2.50. The van der Waals surface area contributed by atoms with Crippen molar-refractivity contribution in [1.29, 1.82) is 0 Å². The first-order valence-corrected chi connectivity index (χ1v) is 5.68. The molecule has 0 aliphatic heterocycles. The third-order valence-electron chi connectivity index (χ3n) is 2.55. The van der Waals surface area contributed by atoms with Gasteiger partial charge >= 0.3 is 6.03 Å². The maximum atomic E-state index is 11.9. The molecule has 0 atom stereocenters. The number of hydrogen-bond donors (Lipinski definition) is 1. The van der Waals surface area contributed by atoms with Crippen LogP contribution in [0.25, 0.3) is 0 Å². The van der Waals surface area contributed by atoms with Crippen LogP contribution in [0.2, 0.25) is 0 Å². The Kier molecular flexibility index (Phi) is 3.70. The van der Waals surface area contributed by atoms with Gasteiger partial charge in [0.2, 0.25) is 0 Å². The first-order valence-electron chi connectivity index (χ1n) is 5.68. The van der Waals surface area contributed by atoms with E-state index in [1.54, 1.807) is 44.8 Å². The van der Waals surface area contributed by atoms with Crippen molar-refractivity contribution in [3.05, 3.63) is 36.2 Å². The van der Waals surface area contributed by atoms with Gasteiger partial charge in [0, 0.05) is 18.0 Å². The predicted octanol–water partition coefficient (Wildman–Crippen LogP) is 2.29. The molecule has 2 aromatic rings. The molecule has 0 aliphatic rings. The fraction of sp³-hybridized carbons (Fsp3) is 0.231. The van der Waals surface area contributed by atoms with Crippen LogP contribution in [0.3, 0.4) is 0 Å². The summed E-state index contributed by atoms with van der Waals surface area (Å²) < 4.78 is 11.5. The zero-order valence-corrected chi connectivity index (χ0v) is 11.0. The highest BCUT2D eigenvalue weighted by Gasteiger charge is 2.09. The van der Waals surface area contributed by atoms with Gasteiger partial charge in [0.25, 0.3) is 0 Å². The number of anilines is 1. The minimum atomic E-state index is -0.333. The molecule has 6 nitrogen and oxygen atoms in total. The van der Waals surface area contributed by atoms with E-state index >= 15 is 0 Å².